The van der Waals surface area contributed by atoms with Crippen LogP contribution in [0.1, 0.15) is 63.0 Å². The number of hydrogen-bond donors (Lipinski definition) is 4. The van der Waals surface area contributed by atoms with E-state index in [1.165, 1.54) is 0 Å². The Labute approximate surface area is 209 Å². The standard InChI is InChI=1S/C24H35N5O3S.ClH/c1-23(2,3)16-13-17(24(4,5)6)15-18(14-16)33(31,32)29-20-10-8-7-9-19(20)21(30)27-11-12-28-22(25)26;/h7-10,13-15,29H,11-12H2,1-6H3,(H,27,30)(H4,25,26,28);1H. The van der Waals surface area contributed by atoms with E-state index < -0.39 is 15.9 Å². The number of nitrogens with one attached hydrogen (secondary N) is 2. The second kappa shape index (κ2) is 11.1. The minimum absolute atomic E-state index is 0. The summed E-state index contributed by atoms with van der Waals surface area (Å²) in [5.74, 6) is -0.498. The van der Waals surface area contributed by atoms with E-state index in [1.54, 1.807) is 36.4 Å². The molecule has 0 unspecified atom stereocenters. The monoisotopic (exact) mass is 509 g/mol. The van der Waals surface area contributed by atoms with Crippen LogP contribution in [0.25, 0.3) is 0 Å². The normalized spacial score (nSPS) is 11.8. The summed E-state index contributed by atoms with van der Waals surface area (Å²) in [5.41, 5.74) is 12.3. The van der Waals surface area contributed by atoms with Crippen molar-refractivity contribution in [2.75, 3.05) is 17.8 Å². The fourth-order valence-electron chi connectivity index (χ4n) is 3.04. The summed E-state index contributed by atoms with van der Waals surface area (Å²) >= 11 is 0. The molecule has 1 amide bonds. The molecule has 8 nitrogen and oxygen atoms in total. The maximum atomic E-state index is 13.4. The van der Waals surface area contributed by atoms with E-state index in [-0.39, 0.29) is 58.4 Å². The van der Waals surface area contributed by atoms with Gasteiger partial charge in [-0.1, -0.05) is 59.7 Å². The van der Waals surface area contributed by atoms with Crippen LogP contribution in [-0.2, 0) is 20.9 Å². The molecule has 0 heterocycles. The topological polar surface area (TPSA) is 140 Å². The van der Waals surface area contributed by atoms with Gasteiger partial charge < -0.3 is 16.8 Å². The number of carbonyl (C=O) groups is 1. The van der Waals surface area contributed by atoms with E-state index in [4.69, 9.17) is 11.5 Å². The zero-order valence-corrected chi connectivity index (χ0v) is 22.2. The number of aliphatic imine (C=N–C) groups is 1. The number of nitrogens with two attached hydrogens (primary N) is 2. The van der Waals surface area contributed by atoms with Gasteiger partial charge in [-0.3, -0.25) is 14.5 Å². The first-order valence-electron chi connectivity index (χ1n) is 10.7. The van der Waals surface area contributed by atoms with Crippen LogP contribution in [0.5, 0.6) is 0 Å². The minimum atomic E-state index is -3.96. The first-order valence-corrected chi connectivity index (χ1v) is 12.2. The van der Waals surface area contributed by atoms with Gasteiger partial charge in [-0.2, -0.15) is 0 Å². The number of rotatable bonds is 7. The van der Waals surface area contributed by atoms with Crippen LogP contribution in [0, 0.1) is 0 Å². The van der Waals surface area contributed by atoms with Gasteiger partial charge in [0.15, 0.2) is 5.96 Å². The Morgan fingerprint density at radius 2 is 1.47 bits per heavy atom. The number of nitrogens with zero attached hydrogens (tertiary/aromatic N) is 1. The van der Waals surface area contributed by atoms with E-state index >= 15 is 0 Å². The Morgan fingerprint density at radius 3 is 1.97 bits per heavy atom. The Morgan fingerprint density at radius 1 is 0.941 bits per heavy atom. The molecule has 0 saturated carbocycles. The van der Waals surface area contributed by atoms with Crippen molar-refractivity contribution in [3.8, 4) is 0 Å². The van der Waals surface area contributed by atoms with Crippen LogP contribution >= 0.6 is 12.4 Å². The van der Waals surface area contributed by atoms with Gasteiger partial charge in [-0.05, 0) is 46.2 Å². The summed E-state index contributed by atoms with van der Waals surface area (Å²) in [6, 6.07) is 11.9. The van der Waals surface area contributed by atoms with Crippen molar-refractivity contribution >= 4 is 40.0 Å². The van der Waals surface area contributed by atoms with E-state index in [0.717, 1.165) is 11.1 Å². The maximum Gasteiger partial charge on any atom is 0.261 e. The summed E-state index contributed by atoms with van der Waals surface area (Å²) in [6.45, 7) is 12.7. The van der Waals surface area contributed by atoms with Crippen molar-refractivity contribution in [1.29, 1.82) is 0 Å². The van der Waals surface area contributed by atoms with E-state index in [2.05, 4.69) is 21.1 Å². The molecule has 34 heavy (non-hydrogen) atoms. The second-order valence-corrected chi connectivity index (χ2v) is 11.6. The summed E-state index contributed by atoms with van der Waals surface area (Å²) in [4.78, 5) is 16.6. The highest BCUT2D eigenvalue weighted by Crippen LogP contribution is 2.32. The Kier molecular flexibility index (Phi) is 9.55. The van der Waals surface area contributed by atoms with Crippen LogP contribution in [0.2, 0.25) is 0 Å². The van der Waals surface area contributed by atoms with Crippen molar-refractivity contribution in [1.82, 2.24) is 5.32 Å². The quantitative estimate of drug-likeness (QED) is 0.257. The first-order chi connectivity index (χ1) is 15.1. The molecule has 6 N–H and O–H groups in total. The number of hydrogen-bond acceptors (Lipinski definition) is 4. The van der Waals surface area contributed by atoms with Gasteiger partial charge in [0.05, 0.1) is 22.7 Å². The van der Waals surface area contributed by atoms with Crippen LogP contribution < -0.4 is 21.5 Å². The average Bonchev–Trinajstić information content (AvgIpc) is 2.69. The molecule has 0 atom stereocenters. The zero-order valence-electron chi connectivity index (χ0n) is 20.6. The first kappa shape index (κ1) is 29.3. The third kappa shape index (κ3) is 7.92. The zero-order chi connectivity index (χ0) is 25.0. The summed E-state index contributed by atoms with van der Waals surface area (Å²) < 4.78 is 29.4. The molecule has 0 saturated heterocycles. The molecule has 2 rings (SSSR count). The van der Waals surface area contributed by atoms with Crippen LogP contribution in [0.15, 0.2) is 52.4 Å². The highest BCUT2D eigenvalue weighted by molar-refractivity contribution is 7.92. The summed E-state index contributed by atoms with van der Waals surface area (Å²) in [7, 11) is -3.96. The molecule has 0 aliphatic heterocycles. The lowest BCUT2D eigenvalue weighted by molar-refractivity contribution is 0.0955. The SMILES string of the molecule is CC(C)(C)c1cc(C(C)(C)C)cc(S(=O)(=O)Nc2ccccc2C(=O)NCCN=C(N)N)c1.Cl. The van der Waals surface area contributed by atoms with Crippen LogP contribution in [0.4, 0.5) is 5.69 Å². The van der Waals surface area contributed by atoms with Crippen molar-refractivity contribution in [2.24, 2.45) is 16.5 Å². The second-order valence-electron chi connectivity index (χ2n) is 9.96. The van der Waals surface area contributed by atoms with E-state index in [0.29, 0.717) is 0 Å². The molecule has 2 aromatic rings. The molecule has 0 bridgehead atoms. The number of para-hydroxylation sites is 1. The number of anilines is 1. The van der Waals surface area contributed by atoms with Crippen LogP contribution in [-0.4, -0.2) is 33.4 Å². The molecule has 0 spiro atoms. The lowest BCUT2D eigenvalue weighted by atomic mass is 9.81. The highest BCUT2D eigenvalue weighted by atomic mass is 35.5. The number of sulfonamides is 1. The Balaban J connectivity index is 0.00000578. The minimum Gasteiger partial charge on any atom is -0.370 e. The third-order valence-electron chi connectivity index (χ3n) is 5.06. The number of benzene rings is 2. The smallest absolute Gasteiger partial charge is 0.261 e. The van der Waals surface area contributed by atoms with Gasteiger partial charge >= 0.3 is 0 Å². The molecular formula is C24H36ClN5O3S. The Hall–Kier alpha value is -2.78. The van der Waals surface area contributed by atoms with Gasteiger partial charge in [-0.25, -0.2) is 8.42 Å². The average molecular weight is 510 g/mol. The van der Waals surface area contributed by atoms with Crippen molar-refractivity contribution in [2.45, 2.75) is 57.3 Å². The van der Waals surface area contributed by atoms with Gasteiger partial charge in [0.25, 0.3) is 15.9 Å². The molecule has 0 aliphatic carbocycles. The molecule has 0 aliphatic rings. The molecule has 188 valence electrons. The Bertz CT molecular complexity index is 1110. The summed E-state index contributed by atoms with van der Waals surface area (Å²) in [5, 5.41) is 2.69. The van der Waals surface area contributed by atoms with Crippen molar-refractivity contribution in [3.63, 3.8) is 0 Å². The number of amides is 1. The molecule has 0 radical (unpaired) electrons. The lowest BCUT2D eigenvalue weighted by Crippen LogP contribution is -2.29. The van der Waals surface area contributed by atoms with Crippen LogP contribution in [0.3, 0.4) is 0 Å². The van der Waals surface area contributed by atoms with Crippen molar-refractivity contribution in [3.05, 3.63) is 59.2 Å². The largest absolute Gasteiger partial charge is 0.370 e. The number of halogens is 1. The van der Waals surface area contributed by atoms with Gasteiger partial charge in [0.2, 0.25) is 0 Å². The molecular weight excluding hydrogens is 474 g/mol. The van der Waals surface area contributed by atoms with Gasteiger partial charge in [0.1, 0.15) is 0 Å². The van der Waals surface area contributed by atoms with E-state index in [1.807, 2.05) is 41.5 Å². The van der Waals surface area contributed by atoms with Gasteiger partial charge in [0, 0.05) is 6.54 Å². The molecule has 2 aromatic carbocycles. The highest BCUT2D eigenvalue weighted by Gasteiger charge is 2.25. The van der Waals surface area contributed by atoms with Crippen molar-refractivity contribution < 1.29 is 13.2 Å². The molecule has 0 fully saturated rings. The lowest BCUT2D eigenvalue weighted by Gasteiger charge is -2.26. The van der Waals surface area contributed by atoms with E-state index in [9.17, 15) is 13.2 Å². The number of guanidine groups is 1. The predicted molar refractivity (Wildman–Crippen MR) is 141 cm³/mol. The maximum absolute atomic E-state index is 13.4. The molecule has 0 aromatic heterocycles. The third-order valence-corrected chi connectivity index (χ3v) is 6.40. The summed E-state index contributed by atoms with van der Waals surface area (Å²) in [6.07, 6.45) is 0. The molecule has 10 heteroatoms. The fourth-order valence-corrected chi connectivity index (χ4v) is 4.19. The van der Waals surface area contributed by atoms with Gasteiger partial charge in [-0.15, -0.1) is 12.4 Å². The predicted octanol–water partition coefficient (Wildman–Crippen LogP) is 3.51. The fraction of sp³-hybridized carbons (Fsp3) is 0.417. The number of carbonyl (C=O) groups excluding carboxylic acids is 1.